The molecular weight excluding hydrogens is 256 g/mol. The molecule has 0 radical (unpaired) electrons. The average molecular weight is 274 g/mol. The highest BCUT2D eigenvalue weighted by atomic mass is 32.1. The monoisotopic (exact) mass is 274 g/mol. The Balaban J connectivity index is 1.48. The number of nitrogens with zero attached hydrogens (tertiary/aromatic N) is 4. The molecule has 2 aromatic rings. The summed E-state index contributed by atoms with van der Waals surface area (Å²) in [6.07, 6.45) is 2.66. The van der Waals surface area contributed by atoms with E-state index in [1.165, 1.54) is 29.9 Å². The number of thiazole rings is 1. The van der Waals surface area contributed by atoms with Crippen LogP contribution in [0.5, 0.6) is 0 Å². The highest BCUT2D eigenvalue weighted by Crippen LogP contribution is 2.39. The van der Waals surface area contributed by atoms with Crippen LogP contribution in [-0.2, 0) is 19.6 Å². The van der Waals surface area contributed by atoms with Gasteiger partial charge in [-0.1, -0.05) is 0 Å². The van der Waals surface area contributed by atoms with E-state index in [2.05, 4.69) is 32.9 Å². The zero-order chi connectivity index (χ0) is 12.8. The van der Waals surface area contributed by atoms with Crippen molar-refractivity contribution >= 4 is 11.3 Å². The third kappa shape index (κ3) is 2.32. The SMILES string of the molecule is Cc1nc(CN2CCn3nc(C4CC4)cc3C2)cs1. The summed E-state index contributed by atoms with van der Waals surface area (Å²) in [5.41, 5.74) is 3.90. The Morgan fingerprint density at radius 2 is 2.26 bits per heavy atom. The van der Waals surface area contributed by atoms with Crippen LogP contribution in [0.25, 0.3) is 0 Å². The van der Waals surface area contributed by atoms with Gasteiger partial charge in [-0.15, -0.1) is 11.3 Å². The maximum atomic E-state index is 4.73. The van der Waals surface area contributed by atoms with Gasteiger partial charge in [0.2, 0.25) is 0 Å². The van der Waals surface area contributed by atoms with Crippen LogP contribution in [0.3, 0.4) is 0 Å². The normalized spacial score (nSPS) is 19.6. The fourth-order valence-electron chi connectivity index (χ4n) is 2.77. The quantitative estimate of drug-likeness (QED) is 0.862. The fourth-order valence-corrected chi connectivity index (χ4v) is 3.37. The average Bonchev–Trinajstić information content (AvgIpc) is 3.04. The van der Waals surface area contributed by atoms with Gasteiger partial charge in [-0.2, -0.15) is 5.10 Å². The molecule has 0 unspecified atom stereocenters. The maximum absolute atomic E-state index is 4.73. The van der Waals surface area contributed by atoms with Gasteiger partial charge in [0.1, 0.15) is 0 Å². The third-order valence-corrected chi connectivity index (χ3v) is 4.77. The van der Waals surface area contributed by atoms with Crippen LogP contribution in [0.2, 0.25) is 0 Å². The highest BCUT2D eigenvalue weighted by Gasteiger charge is 2.28. The Morgan fingerprint density at radius 3 is 3.00 bits per heavy atom. The number of hydrogen-bond donors (Lipinski definition) is 0. The van der Waals surface area contributed by atoms with E-state index in [4.69, 9.17) is 5.10 Å². The van der Waals surface area contributed by atoms with E-state index in [0.29, 0.717) is 0 Å². The van der Waals surface area contributed by atoms with Crippen LogP contribution in [-0.4, -0.2) is 26.2 Å². The second-order valence-corrected chi connectivity index (χ2v) is 6.69. The van der Waals surface area contributed by atoms with Crippen LogP contribution < -0.4 is 0 Å². The summed E-state index contributed by atoms with van der Waals surface area (Å²) in [7, 11) is 0. The molecule has 0 spiro atoms. The minimum Gasteiger partial charge on any atom is -0.290 e. The molecule has 4 nitrogen and oxygen atoms in total. The van der Waals surface area contributed by atoms with E-state index in [1.54, 1.807) is 11.3 Å². The molecule has 0 aromatic carbocycles. The molecule has 2 aromatic heterocycles. The molecule has 0 bridgehead atoms. The zero-order valence-electron chi connectivity index (χ0n) is 11.2. The van der Waals surface area contributed by atoms with Crippen molar-refractivity contribution in [2.24, 2.45) is 0 Å². The lowest BCUT2D eigenvalue weighted by atomic mass is 10.2. The predicted molar refractivity (Wildman–Crippen MR) is 75.2 cm³/mol. The molecule has 3 heterocycles. The molecule has 100 valence electrons. The first kappa shape index (κ1) is 11.6. The van der Waals surface area contributed by atoms with Crippen molar-refractivity contribution in [3.05, 3.63) is 33.5 Å². The fraction of sp³-hybridized carbons (Fsp3) is 0.571. The topological polar surface area (TPSA) is 34.0 Å². The van der Waals surface area contributed by atoms with E-state index < -0.39 is 0 Å². The Morgan fingerprint density at radius 1 is 1.37 bits per heavy atom. The predicted octanol–water partition coefficient (Wildman–Crippen LogP) is 2.54. The molecule has 4 rings (SSSR count). The molecule has 0 saturated heterocycles. The third-order valence-electron chi connectivity index (χ3n) is 3.94. The van der Waals surface area contributed by atoms with Gasteiger partial charge in [0.25, 0.3) is 0 Å². The van der Waals surface area contributed by atoms with Gasteiger partial charge in [-0.25, -0.2) is 4.98 Å². The summed E-state index contributed by atoms with van der Waals surface area (Å²) in [5, 5.41) is 8.07. The Labute approximate surface area is 117 Å². The van der Waals surface area contributed by atoms with Crippen molar-refractivity contribution in [1.82, 2.24) is 19.7 Å². The minimum absolute atomic E-state index is 0.757. The lowest BCUT2D eigenvalue weighted by molar-refractivity contribution is 0.203. The molecule has 0 amide bonds. The number of aromatic nitrogens is 3. The first-order chi connectivity index (χ1) is 9.28. The largest absolute Gasteiger partial charge is 0.290 e. The molecule has 5 heteroatoms. The van der Waals surface area contributed by atoms with E-state index in [9.17, 15) is 0 Å². The molecule has 1 fully saturated rings. The lowest BCUT2D eigenvalue weighted by Crippen LogP contribution is -2.33. The van der Waals surface area contributed by atoms with Crippen LogP contribution >= 0.6 is 11.3 Å². The van der Waals surface area contributed by atoms with E-state index in [1.807, 2.05) is 0 Å². The van der Waals surface area contributed by atoms with Crippen LogP contribution in [0.15, 0.2) is 11.4 Å². The first-order valence-corrected chi connectivity index (χ1v) is 7.86. The van der Waals surface area contributed by atoms with Crippen molar-refractivity contribution in [2.75, 3.05) is 6.54 Å². The molecule has 0 N–H and O–H groups in total. The minimum atomic E-state index is 0.757. The van der Waals surface area contributed by atoms with Gasteiger partial charge >= 0.3 is 0 Å². The molecule has 2 aliphatic rings. The van der Waals surface area contributed by atoms with Crippen molar-refractivity contribution in [3.8, 4) is 0 Å². The summed E-state index contributed by atoms with van der Waals surface area (Å²) < 4.78 is 2.20. The van der Waals surface area contributed by atoms with E-state index in [0.717, 1.165) is 37.1 Å². The summed E-state index contributed by atoms with van der Waals surface area (Å²) in [6.45, 7) is 6.15. The summed E-state index contributed by atoms with van der Waals surface area (Å²) >= 11 is 1.74. The number of fused-ring (bicyclic) bond motifs is 1. The second-order valence-electron chi connectivity index (χ2n) is 5.63. The summed E-state index contributed by atoms with van der Waals surface area (Å²) in [6, 6.07) is 2.32. The number of aryl methyl sites for hydroxylation is 1. The molecule has 0 atom stereocenters. The lowest BCUT2D eigenvalue weighted by Gasteiger charge is -2.26. The van der Waals surface area contributed by atoms with Gasteiger partial charge in [0.15, 0.2) is 0 Å². The number of hydrogen-bond acceptors (Lipinski definition) is 4. The van der Waals surface area contributed by atoms with Crippen molar-refractivity contribution in [2.45, 2.75) is 45.3 Å². The zero-order valence-corrected chi connectivity index (χ0v) is 12.0. The first-order valence-electron chi connectivity index (χ1n) is 6.98. The van der Waals surface area contributed by atoms with Gasteiger partial charge in [-0.05, 0) is 25.8 Å². The van der Waals surface area contributed by atoms with Crippen molar-refractivity contribution in [3.63, 3.8) is 0 Å². The standard InChI is InChI=1S/C14H18N4S/c1-10-15-12(9-19-10)7-17-4-5-18-13(8-17)6-14(16-18)11-2-3-11/h6,9,11H,2-5,7-8H2,1H3. The summed E-state index contributed by atoms with van der Waals surface area (Å²) in [5.74, 6) is 0.757. The molecular formula is C14H18N4S. The molecule has 1 aliphatic heterocycles. The number of rotatable bonds is 3. The molecule has 1 saturated carbocycles. The Kier molecular flexibility index (Phi) is 2.70. The van der Waals surface area contributed by atoms with Crippen molar-refractivity contribution in [1.29, 1.82) is 0 Å². The highest BCUT2D eigenvalue weighted by molar-refractivity contribution is 7.09. The van der Waals surface area contributed by atoms with Crippen molar-refractivity contribution < 1.29 is 0 Å². The van der Waals surface area contributed by atoms with Crippen LogP contribution in [0.4, 0.5) is 0 Å². The smallest absolute Gasteiger partial charge is 0.0897 e. The van der Waals surface area contributed by atoms with Crippen LogP contribution in [0, 0.1) is 6.92 Å². The molecule has 19 heavy (non-hydrogen) atoms. The van der Waals surface area contributed by atoms with Gasteiger partial charge in [0, 0.05) is 30.9 Å². The maximum Gasteiger partial charge on any atom is 0.0897 e. The van der Waals surface area contributed by atoms with Gasteiger partial charge in [-0.3, -0.25) is 9.58 Å². The summed E-state index contributed by atoms with van der Waals surface area (Å²) in [4.78, 5) is 7.03. The second kappa shape index (κ2) is 4.42. The van der Waals surface area contributed by atoms with Crippen LogP contribution in [0.1, 0.15) is 40.8 Å². The van der Waals surface area contributed by atoms with Gasteiger partial charge in [0.05, 0.1) is 28.6 Å². The molecule has 1 aliphatic carbocycles. The van der Waals surface area contributed by atoms with E-state index >= 15 is 0 Å². The van der Waals surface area contributed by atoms with Gasteiger partial charge < -0.3 is 0 Å². The Hall–Kier alpha value is -1.20. The Bertz CT molecular complexity index is 596. The van der Waals surface area contributed by atoms with E-state index in [-0.39, 0.29) is 0 Å².